The molecule has 16 heavy (non-hydrogen) atoms. The van der Waals surface area contributed by atoms with E-state index in [0.717, 1.165) is 12.7 Å². The Morgan fingerprint density at radius 2 is 2.12 bits per heavy atom. The summed E-state index contributed by atoms with van der Waals surface area (Å²) in [7, 11) is 0. The molecule has 0 N–H and O–H groups in total. The van der Waals surface area contributed by atoms with Gasteiger partial charge in [-0.05, 0) is 5.92 Å². The third kappa shape index (κ3) is 3.68. The van der Waals surface area contributed by atoms with Crippen LogP contribution in [0.4, 0.5) is 0 Å². The van der Waals surface area contributed by atoms with Crippen molar-refractivity contribution in [3.8, 4) is 0 Å². The zero-order chi connectivity index (χ0) is 12.2. The summed E-state index contributed by atoms with van der Waals surface area (Å²) in [6, 6.07) is 0. The number of allylic oxidation sites excluding steroid dienone is 1. The molecule has 1 rings (SSSR count). The Morgan fingerprint density at radius 3 is 2.62 bits per heavy atom. The first-order valence-corrected chi connectivity index (χ1v) is 5.53. The van der Waals surface area contributed by atoms with E-state index in [0.29, 0.717) is 18.6 Å². The maximum absolute atomic E-state index is 11.3. The van der Waals surface area contributed by atoms with Crippen LogP contribution in [0.3, 0.4) is 0 Å². The zero-order valence-corrected chi connectivity index (χ0v) is 9.99. The van der Waals surface area contributed by atoms with Crippen LogP contribution in [0.25, 0.3) is 0 Å². The molecule has 1 heterocycles. The van der Waals surface area contributed by atoms with Gasteiger partial charge in [-0.2, -0.15) is 0 Å². The van der Waals surface area contributed by atoms with Gasteiger partial charge in [-0.1, -0.05) is 13.3 Å². The molecular weight excluding hydrogens is 208 g/mol. The molecule has 0 bridgehead atoms. The number of rotatable bonds is 5. The molecule has 0 spiro atoms. The molecule has 1 aliphatic rings. The quantitative estimate of drug-likeness (QED) is 0.532. The van der Waals surface area contributed by atoms with E-state index in [1.165, 1.54) is 6.08 Å². The van der Waals surface area contributed by atoms with Gasteiger partial charge in [-0.25, -0.2) is 4.79 Å². The summed E-state index contributed by atoms with van der Waals surface area (Å²) in [5.74, 6) is -0.451. The molecule has 0 amide bonds. The predicted molar refractivity (Wildman–Crippen MR) is 58.4 cm³/mol. The van der Waals surface area contributed by atoms with E-state index in [1.54, 1.807) is 13.8 Å². The second-order valence-corrected chi connectivity index (χ2v) is 4.41. The fourth-order valence-electron chi connectivity index (χ4n) is 1.68. The molecule has 1 atom stereocenters. The molecule has 0 radical (unpaired) electrons. The Labute approximate surface area is 95.6 Å². The van der Waals surface area contributed by atoms with Crippen molar-refractivity contribution in [1.29, 1.82) is 0 Å². The average molecular weight is 226 g/mol. The van der Waals surface area contributed by atoms with E-state index >= 15 is 0 Å². The van der Waals surface area contributed by atoms with E-state index in [-0.39, 0.29) is 11.9 Å². The summed E-state index contributed by atoms with van der Waals surface area (Å²) in [6.45, 7) is 5.40. The normalized spacial score (nSPS) is 20.4. The molecule has 0 saturated heterocycles. The van der Waals surface area contributed by atoms with Crippen LogP contribution in [0.5, 0.6) is 0 Å². The summed E-state index contributed by atoms with van der Waals surface area (Å²) in [4.78, 5) is 21.7. The van der Waals surface area contributed by atoms with Crippen molar-refractivity contribution in [1.82, 2.24) is 0 Å². The summed E-state index contributed by atoms with van der Waals surface area (Å²) < 4.78 is 10.5. The number of esters is 1. The van der Waals surface area contributed by atoms with Crippen molar-refractivity contribution in [2.75, 3.05) is 0 Å². The molecule has 90 valence electrons. The summed E-state index contributed by atoms with van der Waals surface area (Å²) in [5, 5.41) is 0. The van der Waals surface area contributed by atoms with E-state index < -0.39 is 5.79 Å². The van der Waals surface area contributed by atoms with Gasteiger partial charge < -0.3 is 14.3 Å². The second-order valence-electron chi connectivity index (χ2n) is 4.41. The summed E-state index contributed by atoms with van der Waals surface area (Å²) in [5.41, 5.74) is 0. The average Bonchev–Trinajstić information content (AvgIpc) is 2.13. The van der Waals surface area contributed by atoms with Crippen molar-refractivity contribution >= 4 is 12.3 Å². The van der Waals surface area contributed by atoms with Gasteiger partial charge in [-0.3, -0.25) is 0 Å². The van der Waals surface area contributed by atoms with Crippen LogP contribution in [0, 0.1) is 5.92 Å². The zero-order valence-electron chi connectivity index (χ0n) is 9.99. The highest BCUT2D eigenvalue weighted by atomic mass is 16.7. The van der Waals surface area contributed by atoms with Gasteiger partial charge in [0.15, 0.2) is 0 Å². The van der Waals surface area contributed by atoms with Gasteiger partial charge in [-0.15, -0.1) is 0 Å². The maximum Gasteiger partial charge on any atom is 0.337 e. The van der Waals surface area contributed by atoms with Gasteiger partial charge in [0, 0.05) is 26.7 Å². The number of cyclic esters (lactones) is 1. The molecule has 0 aromatic carbocycles. The summed E-state index contributed by atoms with van der Waals surface area (Å²) >= 11 is 0. The Balaban J connectivity index is 2.65. The Morgan fingerprint density at radius 1 is 1.44 bits per heavy atom. The number of carbonyl (C=O) groups is 2. The minimum absolute atomic E-state index is 0.227. The standard InChI is InChI=1S/C12H18O4/c1-4-9(5-6-13)7-10-8-11(14)16-12(2,3)15-10/h6,8-9H,4-5,7H2,1-3H3. The Bertz CT molecular complexity index is 304. The van der Waals surface area contributed by atoms with Crippen molar-refractivity contribution < 1.29 is 19.1 Å². The lowest BCUT2D eigenvalue weighted by Crippen LogP contribution is -2.34. The lowest BCUT2D eigenvalue weighted by molar-refractivity contribution is -0.206. The predicted octanol–water partition coefficient (Wildman–Crippen LogP) is 2.19. The molecular formula is C12H18O4. The van der Waals surface area contributed by atoms with Crippen LogP contribution in [0.15, 0.2) is 11.8 Å². The van der Waals surface area contributed by atoms with Crippen LogP contribution in [-0.4, -0.2) is 18.0 Å². The first-order chi connectivity index (χ1) is 7.46. The van der Waals surface area contributed by atoms with Crippen LogP contribution < -0.4 is 0 Å². The van der Waals surface area contributed by atoms with E-state index in [2.05, 4.69) is 0 Å². The minimum atomic E-state index is -0.902. The van der Waals surface area contributed by atoms with Gasteiger partial charge >= 0.3 is 5.97 Å². The highest BCUT2D eigenvalue weighted by Gasteiger charge is 2.30. The fourth-order valence-corrected chi connectivity index (χ4v) is 1.68. The van der Waals surface area contributed by atoms with E-state index in [1.807, 2.05) is 6.92 Å². The number of hydrogen-bond acceptors (Lipinski definition) is 4. The third-order valence-corrected chi connectivity index (χ3v) is 2.50. The topological polar surface area (TPSA) is 52.6 Å². The largest absolute Gasteiger partial charge is 0.457 e. The van der Waals surface area contributed by atoms with E-state index in [4.69, 9.17) is 9.47 Å². The molecule has 0 aromatic heterocycles. The lowest BCUT2D eigenvalue weighted by Gasteiger charge is -2.31. The van der Waals surface area contributed by atoms with Crippen LogP contribution >= 0.6 is 0 Å². The molecule has 0 aromatic rings. The second kappa shape index (κ2) is 5.14. The van der Waals surface area contributed by atoms with Crippen LogP contribution in [0.1, 0.15) is 40.0 Å². The van der Waals surface area contributed by atoms with Gasteiger partial charge in [0.25, 0.3) is 0 Å². The number of aldehydes is 1. The summed E-state index contributed by atoms with van der Waals surface area (Å²) in [6.07, 6.45) is 4.25. The Kier molecular flexibility index (Phi) is 4.10. The van der Waals surface area contributed by atoms with Crippen LogP contribution in [0.2, 0.25) is 0 Å². The maximum atomic E-state index is 11.3. The molecule has 4 nitrogen and oxygen atoms in total. The molecule has 0 aliphatic carbocycles. The fraction of sp³-hybridized carbons (Fsp3) is 0.667. The number of ether oxygens (including phenoxy) is 2. The van der Waals surface area contributed by atoms with Crippen molar-refractivity contribution in [3.63, 3.8) is 0 Å². The first-order valence-electron chi connectivity index (χ1n) is 5.53. The monoisotopic (exact) mass is 226 g/mol. The third-order valence-electron chi connectivity index (χ3n) is 2.50. The smallest absolute Gasteiger partial charge is 0.337 e. The first kappa shape index (κ1) is 12.7. The van der Waals surface area contributed by atoms with E-state index in [9.17, 15) is 9.59 Å². The molecule has 0 fully saturated rings. The highest BCUT2D eigenvalue weighted by molar-refractivity contribution is 5.83. The molecule has 4 heteroatoms. The van der Waals surface area contributed by atoms with Gasteiger partial charge in [0.05, 0.1) is 6.08 Å². The van der Waals surface area contributed by atoms with Gasteiger partial charge in [0.2, 0.25) is 5.79 Å². The van der Waals surface area contributed by atoms with Crippen LogP contribution in [-0.2, 0) is 19.1 Å². The molecule has 1 aliphatic heterocycles. The number of carbonyl (C=O) groups excluding carboxylic acids is 2. The van der Waals surface area contributed by atoms with Crippen molar-refractivity contribution in [2.45, 2.75) is 45.8 Å². The molecule has 0 saturated carbocycles. The van der Waals surface area contributed by atoms with Crippen molar-refractivity contribution in [2.24, 2.45) is 5.92 Å². The minimum Gasteiger partial charge on any atom is -0.457 e. The number of hydrogen-bond donors (Lipinski definition) is 0. The highest BCUT2D eigenvalue weighted by Crippen LogP contribution is 2.27. The SMILES string of the molecule is CCC(CC=O)CC1=CC(=O)OC(C)(C)O1. The Hall–Kier alpha value is -1.32. The van der Waals surface area contributed by atoms with Crippen molar-refractivity contribution in [3.05, 3.63) is 11.8 Å². The lowest BCUT2D eigenvalue weighted by atomic mass is 9.97. The van der Waals surface area contributed by atoms with Gasteiger partial charge in [0.1, 0.15) is 12.0 Å². The molecule has 1 unspecified atom stereocenters.